The number of halogens is 1. The van der Waals surface area contributed by atoms with Gasteiger partial charge in [-0.2, -0.15) is 5.10 Å². The third kappa shape index (κ3) is 2.61. The van der Waals surface area contributed by atoms with Crippen molar-refractivity contribution in [2.24, 2.45) is 0 Å². The summed E-state index contributed by atoms with van der Waals surface area (Å²) in [5.41, 5.74) is 0.199. The number of rotatable bonds is 4. The Bertz CT molecular complexity index is 548. The Hall–Kier alpha value is -1.08. The molecule has 0 saturated heterocycles. The maximum absolute atomic E-state index is 11.8. The highest BCUT2D eigenvalue weighted by Gasteiger charge is 2.31. The second-order valence-corrected chi connectivity index (χ2v) is 6.42. The average Bonchev–Trinajstić information content (AvgIpc) is 2.93. The SMILES string of the molecule is CCc1[nH]nc(C(=O)NC2CC2)c1S(=O)(=O)Cl. The number of nitrogens with zero attached hydrogens (tertiary/aromatic N) is 1. The number of aromatic amines is 1. The summed E-state index contributed by atoms with van der Waals surface area (Å²) in [4.78, 5) is 11.6. The molecule has 1 heterocycles. The third-order valence-corrected chi connectivity index (χ3v) is 3.91. The van der Waals surface area contributed by atoms with Crippen molar-refractivity contribution in [1.82, 2.24) is 15.5 Å². The van der Waals surface area contributed by atoms with Gasteiger partial charge in [-0.05, 0) is 19.3 Å². The first-order valence-corrected chi connectivity index (χ1v) is 7.57. The number of amides is 1. The van der Waals surface area contributed by atoms with E-state index in [1.54, 1.807) is 6.92 Å². The van der Waals surface area contributed by atoms with Gasteiger partial charge in [-0.15, -0.1) is 0 Å². The molecule has 0 bridgehead atoms. The summed E-state index contributed by atoms with van der Waals surface area (Å²) in [5, 5.41) is 8.94. The molecular weight excluding hydrogens is 266 g/mol. The van der Waals surface area contributed by atoms with Crippen LogP contribution in [0.3, 0.4) is 0 Å². The standard InChI is InChI=1S/C9H12ClN3O3S/c1-2-6-8(17(10,15)16)7(13-12-6)9(14)11-5-3-4-5/h5H,2-4H2,1H3,(H,11,14)(H,12,13). The lowest BCUT2D eigenvalue weighted by molar-refractivity contribution is 0.0943. The van der Waals surface area contributed by atoms with E-state index in [-0.39, 0.29) is 16.6 Å². The lowest BCUT2D eigenvalue weighted by Gasteiger charge is -2.02. The molecule has 8 heteroatoms. The minimum atomic E-state index is -3.98. The van der Waals surface area contributed by atoms with Crippen molar-refractivity contribution < 1.29 is 13.2 Å². The van der Waals surface area contributed by atoms with Gasteiger partial charge in [0.25, 0.3) is 15.0 Å². The number of aromatic nitrogens is 2. The van der Waals surface area contributed by atoms with E-state index in [1.165, 1.54) is 0 Å². The van der Waals surface area contributed by atoms with Crippen LogP contribution in [-0.2, 0) is 15.5 Å². The molecule has 2 rings (SSSR count). The van der Waals surface area contributed by atoms with Crippen molar-refractivity contribution >= 4 is 25.6 Å². The van der Waals surface area contributed by atoms with Crippen molar-refractivity contribution in [2.75, 3.05) is 0 Å². The smallest absolute Gasteiger partial charge is 0.273 e. The number of hydrogen-bond acceptors (Lipinski definition) is 4. The van der Waals surface area contributed by atoms with Crippen LogP contribution in [0.5, 0.6) is 0 Å². The Morgan fingerprint density at radius 1 is 1.59 bits per heavy atom. The Kier molecular flexibility index (Phi) is 3.13. The van der Waals surface area contributed by atoms with Crippen molar-refractivity contribution in [2.45, 2.75) is 37.1 Å². The van der Waals surface area contributed by atoms with Gasteiger partial charge in [0.05, 0.1) is 5.69 Å². The first-order chi connectivity index (χ1) is 7.93. The zero-order valence-corrected chi connectivity index (χ0v) is 10.7. The van der Waals surface area contributed by atoms with Crippen LogP contribution in [0.4, 0.5) is 0 Å². The predicted octanol–water partition coefficient (Wildman–Crippen LogP) is 0.792. The van der Waals surface area contributed by atoms with E-state index in [1.807, 2.05) is 0 Å². The van der Waals surface area contributed by atoms with E-state index in [4.69, 9.17) is 10.7 Å². The monoisotopic (exact) mass is 277 g/mol. The maximum atomic E-state index is 11.8. The lowest BCUT2D eigenvalue weighted by atomic mass is 10.3. The number of carbonyl (C=O) groups excluding carboxylic acids is 1. The van der Waals surface area contributed by atoms with Gasteiger partial charge in [-0.25, -0.2) is 8.42 Å². The van der Waals surface area contributed by atoms with Crippen molar-refractivity contribution in [1.29, 1.82) is 0 Å². The molecule has 0 unspecified atom stereocenters. The van der Waals surface area contributed by atoms with Crippen molar-refractivity contribution in [3.05, 3.63) is 11.4 Å². The van der Waals surface area contributed by atoms with Gasteiger partial charge < -0.3 is 5.32 Å². The Balaban J connectivity index is 2.39. The molecule has 1 amide bonds. The molecule has 1 saturated carbocycles. The molecule has 1 aliphatic carbocycles. The molecule has 2 N–H and O–H groups in total. The second-order valence-electron chi connectivity index (χ2n) is 3.92. The van der Waals surface area contributed by atoms with E-state index in [9.17, 15) is 13.2 Å². The lowest BCUT2D eigenvalue weighted by Crippen LogP contribution is -2.27. The van der Waals surface area contributed by atoms with Gasteiger partial charge in [-0.3, -0.25) is 9.89 Å². The van der Waals surface area contributed by atoms with Gasteiger partial charge in [0.15, 0.2) is 5.69 Å². The summed E-state index contributed by atoms with van der Waals surface area (Å²) < 4.78 is 22.9. The quantitative estimate of drug-likeness (QED) is 0.796. The molecule has 0 spiro atoms. The van der Waals surface area contributed by atoms with Crippen LogP contribution >= 0.6 is 10.7 Å². The normalized spacial score (nSPS) is 15.9. The molecule has 1 aliphatic rings. The molecule has 0 aliphatic heterocycles. The van der Waals surface area contributed by atoms with E-state index in [2.05, 4.69) is 15.5 Å². The molecule has 6 nitrogen and oxygen atoms in total. The minimum Gasteiger partial charge on any atom is -0.348 e. The number of hydrogen-bond donors (Lipinski definition) is 2. The van der Waals surface area contributed by atoms with Gasteiger partial charge >= 0.3 is 0 Å². The molecule has 1 aromatic heterocycles. The summed E-state index contributed by atoms with van der Waals surface area (Å²) in [6.07, 6.45) is 2.24. The zero-order valence-electron chi connectivity index (χ0n) is 9.16. The summed E-state index contributed by atoms with van der Waals surface area (Å²) in [7, 11) is 1.34. The minimum absolute atomic E-state index is 0.134. The number of H-pyrrole nitrogens is 1. The summed E-state index contributed by atoms with van der Waals surface area (Å²) in [6.45, 7) is 1.75. The molecule has 0 aromatic carbocycles. The van der Waals surface area contributed by atoms with E-state index >= 15 is 0 Å². The number of nitrogens with one attached hydrogen (secondary N) is 2. The third-order valence-electron chi connectivity index (χ3n) is 2.52. The molecule has 94 valence electrons. The van der Waals surface area contributed by atoms with Crippen LogP contribution in [0.1, 0.15) is 35.9 Å². The number of carbonyl (C=O) groups is 1. The molecule has 1 fully saturated rings. The largest absolute Gasteiger partial charge is 0.348 e. The van der Waals surface area contributed by atoms with E-state index in [0.717, 1.165) is 12.8 Å². The fourth-order valence-corrected chi connectivity index (χ4v) is 2.86. The fourth-order valence-electron chi connectivity index (χ4n) is 1.51. The van der Waals surface area contributed by atoms with Crippen LogP contribution in [0, 0.1) is 0 Å². The van der Waals surface area contributed by atoms with Gasteiger partial charge in [0.1, 0.15) is 4.90 Å². The van der Waals surface area contributed by atoms with Crippen molar-refractivity contribution in [3.63, 3.8) is 0 Å². The van der Waals surface area contributed by atoms with Gasteiger partial charge in [0, 0.05) is 16.7 Å². The Morgan fingerprint density at radius 3 is 2.71 bits per heavy atom. The topological polar surface area (TPSA) is 91.9 Å². The first-order valence-electron chi connectivity index (χ1n) is 5.26. The van der Waals surface area contributed by atoms with Crippen LogP contribution < -0.4 is 5.32 Å². The molecular formula is C9H12ClN3O3S. The second kappa shape index (κ2) is 4.30. The van der Waals surface area contributed by atoms with Crippen molar-refractivity contribution in [3.8, 4) is 0 Å². The Labute approximate surface area is 103 Å². The number of aryl methyl sites for hydroxylation is 1. The zero-order chi connectivity index (χ0) is 12.6. The average molecular weight is 278 g/mol. The predicted molar refractivity (Wildman–Crippen MR) is 61.5 cm³/mol. The van der Waals surface area contributed by atoms with Crippen LogP contribution in [0.15, 0.2) is 4.90 Å². The highest BCUT2D eigenvalue weighted by molar-refractivity contribution is 8.13. The van der Waals surface area contributed by atoms with Crippen LogP contribution in [-0.4, -0.2) is 30.6 Å². The van der Waals surface area contributed by atoms with Crippen LogP contribution in [0.2, 0.25) is 0 Å². The summed E-state index contributed by atoms with van der Waals surface area (Å²) in [5.74, 6) is -0.498. The Morgan fingerprint density at radius 2 is 2.24 bits per heavy atom. The molecule has 17 heavy (non-hydrogen) atoms. The molecule has 0 radical (unpaired) electrons. The highest BCUT2D eigenvalue weighted by atomic mass is 35.7. The molecule has 1 aromatic rings. The van der Waals surface area contributed by atoms with Gasteiger partial charge in [0.2, 0.25) is 0 Å². The summed E-state index contributed by atoms with van der Waals surface area (Å²) >= 11 is 0. The van der Waals surface area contributed by atoms with E-state index < -0.39 is 15.0 Å². The maximum Gasteiger partial charge on any atom is 0.273 e. The van der Waals surface area contributed by atoms with E-state index in [0.29, 0.717) is 12.1 Å². The fraction of sp³-hybridized carbons (Fsp3) is 0.556. The summed E-state index contributed by atoms with van der Waals surface area (Å²) in [6, 6.07) is 0.134. The molecule has 0 atom stereocenters. The van der Waals surface area contributed by atoms with Crippen LogP contribution in [0.25, 0.3) is 0 Å². The first kappa shape index (κ1) is 12.4. The highest BCUT2D eigenvalue weighted by Crippen LogP contribution is 2.24. The van der Waals surface area contributed by atoms with Gasteiger partial charge in [-0.1, -0.05) is 6.92 Å².